The highest BCUT2D eigenvalue weighted by Gasteiger charge is 2.40. The van der Waals surface area contributed by atoms with Crippen molar-refractivity contribution in [1.82, 2.24) is 0 Å². The summed E-state index contributed by atoms with van der Waals surface area (Å²) in [6.07, 6.45) is 2.52. The van der Waals surface area contributed by atoms with Crippen molar-refractivity contribution in [3.63, 3.8) is 0 Å². The molecule has 1 aliphatic carbocycles. The van der Waals surface area contributed by atoms with Crippen LogP contribution in [-0.2, 0) is 0 Å². The largest absolute Gasteiger partial charge is 0.325 e. The molecule has 0 unspecified atom stereocenters. The summed E-state index contributed by atoms with van der Waals surface area (Å²) in [5, 5.41) is 3.80. The Morgan fingerprint density at radius 1 is 1.67 bits per heavy atom. The average molecular weight is 181 g/mol. The number of Topliss-reactive ketones (excluding diaryl/α,β-unsaturated/α-hetero) is 1. The number of hydrogen-bond donors (Lipinski definition) is 1. The Morgan fingerprint density at radius 2 is 2.42 bits per heavy atom. The molecular formula is C9H11NOS. The lowest BCUT2D eigenvalue weighted by Gasteiger charge is -2.04. The molecule has 2 N–H and O–H groups in total. The molecule has 0 radical (unpaired) electrons. The van der Waals surface area contributed by atoms with Crippen molar-refractivity contribution in [1.29, 1.82) is 0 Å². The van der Waals surface area contributed by atoms with Gasteiger partial charge in [0.05, 0.1) is 0 Å². The highest BCUT2D eigenvalue weighted by molar-refractivity contribution is 7.08. The van der Waals surface area contributed by atoms with E-state index in [0.29, 0.717) is 6.42 Å². The molecule has 0 atom stereocenters. The first kappa shape index (κ1) is 7.95. The first-order valence-electron chi connectivity index (χ1n) is 4.04. The van der Waals surface area contributed by atoms with E-state index in [0.717, 1.165) is 18.4 Å². The molecule has 3 heteroatoms. The molecule has 1 aliphatic rings. The van der Waals surface area contributed by atoms with Gasteiger partial charge in [-0.05, 0) is 24.3 Å². The second kappa shape index (κ2) is 2.68. The lowest BCUT2D eigenvalue weighted by molar-refractivity contribution is 0.0972. The first-order chi connectivity index (χ1) is 5.70. The van der Waals surface area contributed by atoms with E-state index in [1.54, 1.807) is 11.3 Å². The topological polar surface area (TPSA) is 43.1 Å². The monoisotopic (exact) mass is 181 g/mol. The van der Waals surface area contributed by atoms with Gasteiger partial charge >= 0.3 is 0 Å². The van der Waals surface area contributed by atoms with Crippen molar-refractivity contribution in [2.24, 2.45) is 5.73 Å². The Hall–Kier alpha value is -0.670. The van der Waals surface area contributed by atoms with Gasteiger partial charge in [-0.3, -0.25) is 4.79 Å². The standard InChI is InChI=1S/C9H11NOS/c10-9(2-3-9)5-8(11)7-1-4-12-6-7/h1,4,6H,2-3,5,10H2. The van der Waals surface area contributed by atoms with Gasteiger partial charge in [0, 0.05) is 22.9 Å². The number of rotatable bonds is 3. The van der Waals surface area contributed by atoms with Gasteiger partial charge in [0.2, 0.25) is 0 Å². The van der Waals surface area contributed by atoms with Gasteiger partial charge in [0.25, 0.3) is 0 Å². The van der Waals surface area contributed by atoms with E-state index in [-0.39, 0.29) is 11.3 Å². The molecule has 0 spiro atoms. The van der Waals surface area contributed by atoms with E-state index in [1.807, 2.05) is 16.8 Å². The predicted octanol–water partition coefficient (Wildman–Crippen LogP) is 1.81. The van der Waals surface area contributed by atoms with Crippen molar-refractivity contribution < 1.29 is 4.79 Å². The third kappa shape index (κ3) is 1.57. The maximum Gasteiger partial charge on any atom is 0.165 e. The van der Waals surface area contributed by atoms with E-state index in [9.17, 15) is 4.79 Å². The number of carbonyl (C=O) groups excluding carboxylic acids is 1. The summed E-state index contributed by atoms with van der Waals surface area (Å²) in [7, 11) is 0. The Labute approximate surface area is 75.4 Å². The number of ketones is 1. The van der Waals surface area contributed by atoms with Crippen LogP contribution in [0.4, 0.5) is 0 Å². The highest BCUT2D eigenvalue weighted by Crippen LogP contribution is 2.36. The van der Waals surface area contributed by atoms with E-state index in [4.69, 9.17) is 5.73 Å². The zero-order valence-corrected chi connectivity index (χ0v) is 7.56. The minimum Gasteiger partial charge on any atom is -0.325 e. The van der Waals surface area contributed by atoms with E-state index in [2.05, 4.69) is 0 Å². The van der Waals surface area contributed by atoms with Crippen LogP contribution >= 0.6 is 11.3 Å². The second-order valence-electron chi connectivity index (χ2n) is 3.47. The number of thiophene rings is 1. The maximum atomic E-state index is 11.5. The van der Waals surface area contributed by atoms with Gasteiger partial charge in [0.1, 0.15) is 0 Å². The van der Waals surface area contributed by atoms with Crippen LogP contribution in [-0.4, -0.2) is 11.3 Å². The molecule has 1 aromatic rings. The Kier molecular flexibility index (Phi) is 1.77. The van der Waals surface area contributed by atoms with Crippen LogP contribution in [0.25, 0.3) is 0 Å². The molecule has 1 fully saturated rings. The summed E-state index contributed by atoms with van der Waals surface area (Å²) >= 11 is 1.55. The molecule has 1 heterocycles. The quantitative estimate of drug-likeness (QED) is 0.723. The van der Waals surface area contributed by atoms with Gasteiger partial charge in [0.15, 0.2) is 5.78 Å². The van der Waals surface area contributed by atoms with Crippen LogP contribution in [0.5, 0.6) is 0 Å². The van der Waals surface area contributed by atoms with Gasteiger partial charge in [-0.15, -0.1) is 0 Å². The third-order valence-corrected chi connectivity index (χ3v) is 2.93. The smallest absolute Gasteiger partial charge is 0.165 e. The lowest BCUT2D eigenvalue weighted by atomic mass is 10.1. The van der Waals surface area contributed by atoms with Crippen molar-refractivity contribution in [2.45, 2.75) is 24.8 Å². The zero-order valence-electron chi connectivity index (χ0n) is 6.75. The van der Waals surface area contributed by atoms with Gasteiger partial charge in [-0.25, -0.2) is 0 Å². The Bertz CT molecular complexity index is 287. The average Bonchev–Trinajstić information content (AvgIpc) is 2.55. The van der Waals surface area contributed by atoms with Crippen molar-refractivity contribution in [3.05, 3.63) is 22.4 Å². The van der Waals surface area contributed by atoms with Crippen LogP contribution < -0.4 is 5.73 Å². The number of nitrogens with two attached hydrogens (primary N) is 1. The Morgan fingerprint density at radius 3 is 2.92 bits per heavy atom. The third-order valence-electron chi connectivity index (χ3n) is 2.25. The SMILES string of the molecule is NC1(CC(=O)c2ccsc2)CC1. The number of hydrogen-bond acceptors (Lipinski definition) is 3. The summed E-state index contributed by atoms with van der Waals surface area (Å²) in [5.41, 5.74) is 6.50. The normalized spacial score (nSPS) is 19.1. The predicted molar refractivity (Wildman–Crippen MR) is 49.4 cm³/mol. The molecular weight excluding hydrogens is 170 g/mol. The van der Waals surface area contributed by atoms with E-state index >= 15 is 0 Å². The fourth-order valence-corrected chi connectivity index (χ4v) is 1.84. The molecule has 2 rings (SSSR count). The van der Waals surface area contributed by atoms with Crippen LogP contribution in [0.2, 0.25) is 0 Å². The summed E-state index contributed by atoms with van der Waals surface area (Å²) in [5.74, 6) is 0.191. The summed E-state index contributed by atoms with van der Waals surface area (Å²) < 4.78 is 0. The molecule has 0 amide bonds. The molecule has 12 heavy (non-hydrogen) atoms. The first-order valence-corrected chi connectivity index (χ1v) is 4.98. The highest BCUT2D eigenvalue weighted by atomic mass is 32.1. The van der Waals surface area contributed by atoms with Gasteiger partial charge in [-0.1, -0.05) is 0 Å². The van der Waals surface area contributed by atoms with E-state index in [1.165, 1.54) is 0 Å². The van der Waals surface area contributed by atoms with Crippen LogP contribution in [0.15, 0.2) is 16.8 Å². The van der Waals surface area contributed by atoms with Gasteiger partial charge < -0.3 is 5.73 Å². The summed E-state index contributed by atoms with van der Waals surface area (Å²) in [6.45, 7) is 0. The fraction of sp³-hybridized carbons (Fsp3) is 0.444. The van der Waals surface area contributed by atoms with Crippen molar-refractivity contribution in [3.8, 4) is 0 Å². The molecule has 2 nitrogen and oxygen atoms in total. The fourth-order valence-electron chi connectivity index (χ4n) is 1.18. The molecule has 0 bridgehead atoms. The van der Waals surface area contributed by atoms with Crippen molar-refractivity contribution >= 4 is 17.1 Å². The van der Waals surface area contributed by atoms with Crippen molar-refractivity contribution in [2.75, 3.05) is 0 Å². The second-order valence-corrected chi connectivity index (χ2v) is 4.25. The molecule has 1 saturated carbocycles. The molecule has 0 aliphatic heterocycles. The van der Waals surface area contributed by atoms with Crippen LogP contribution in [0.1, 0.15) is 29.6 Å². The molecule has 0 saturated heterocycles. The van der Waals surface area contributed by atoms with Crippen LogP contribution in [0.3, 0.4) is 0 Å². The summed E-state index contributed by atoms with van der Waals surface area (Å²) in [4.78, 5) is 11.5. The van der Waals surface area contributed by atoms with E-state index < -0.39 is 0 Å². The maximum absolute atomic E-state index is 11.5. The minimum atomic E-state index is -0.154. The van der Waals surface area contributed by atoms with Gasteiger partial charge in [-0.2, -0.15) is 11.3 Å². The molecule has 0 aromatic carbocycles. The summed E-state index contributed by atoms with van der Waals surface area (Å²) in [6, 6.07) is 1.86. The minimum absolute atomic E-state index is 0.154. The Balaban J connectivity index is 2.02. The van der Waals surface area contributed by atoms with Crippen LogP contribution in [0, 0.1) is 0 Å². The number of carbonyl (C=O) groups is 1. The molecule has 1 aromatic heterocycles. The zero-order chi connectivity index (χ0) is 8.60. The lowest BCUT2D eigenvalue weighted by Crippen LogP contribution is -2.25. The molecule has 64 valence electrons.